The molecule has 1 amide bonds. The first kappa shape index (κ1) is 16.0. The zero-order chi connectivity index (χ0) is 16.6. The van der Waals surface area contributed by atoms with Crippen LogP contribution in [0.4, 0.5) is 0 Å². The third-order valence-corrected chi connectivity index (χ3v) is 4.78. The maximum absolute atomic E-state index is 12.5. The van der Waals surface area contributed by atoms with E-state index >= 15 is 0 Å². The molecule has 3 rings (SSSR count). The summed E-state index contributed by atoms with van der Waals surface area (Å²) in [5.74, 6) is 0.677. The van der Waals surface area contributed by atoms with Gasteiger partial charge >= 0.3 is 0 Å². The molecule has 23 heavy (non-hydrogen) atoms. The highest BCUT2D eigenvalue weighted by Crippen LogP contribution is 2.25. The van der Waals surface area contributed by atoms with Crippen LogP contribution in [0.5, 0.6) is 0 Å². The minimum Gasteiger partial charge on any atom is -0.346 e. The first-order chi connectivity index (χ1) is 11.0. The van der Waals surface area contributed by atoms with Crippen molar-refractivity contribution in [1.82, 2.24) is 14.9 Å². The number of rotatable bonds is 3. The largest absolute Gasteiger partial charge is 0.346 e. The number of hydrogen-bond acceptors (Lipinski definition) is 3. The maximum atomic E-state index is 12.5. The average molecular weight is 334 g/mol. The molecule has 1 aromatic carbocycles. The van der Waals surface area contributed by atoms with Crippen LogP contribution in [0.2, 0.25) is 5.02 Å². The fraction of sp³-hybridized carbons (Fsp3) is 0.471. The van der Waals surface area contributed by atoms with E-state index in [2.05, 4.69) is 10.3 Å². The number of amides is 1. The summed E-state index contributed by atoms with van der Waals surface area (Å²) in [6, 6.07) is 4.70. The summed E-state index contributed by atoms with van der Waals surface area (Å²) in [6.45, 7) is 1.85. The number of benzene rings is 1. The molecule has 1 heterocycles. The number of aromatic nitrogens is 2. The zero-order valence-corrected chi connectivity index (χ0v) is 14.1. The van der Waals surface area contributed by atoms with Crippen LogP contribution >= 0.6 is 11.6 Å². The summed E-state index contributed by atoms with van der Waals surface area (Å²) >= 11 is 5.99. The normalized spacial score (nSPS) is 16.7. The van der Waals surface area contributed by atoms with Crippen LogP contribution in [-0.4, -0.2) is 15.5 Å². The predicted molar refractivity (Wildman–Crippen MR) is 90.5 cm³/mol. The van der Waals surface area contributed by atoms with Gasteiger partial charge in [-0.25, -0.2) is 4.98 Å². The van der Waals surface area contributed by atoms with E-state index in [0.29, 0.717) is 21.7 Å². The minimum atomic E-state index is -0.329. The summed E-state index contributed by atoms with van der Waals surface area (Å²) in [5, 5.41) is 4.05. The van der Waals surface area contributed by atoms with E-state index < -0.39 is 0 Å². The van der Waals surface area contributed by atoms with E-state index in [0.717, 1.165) is 25.7 Å². The summed E-state index contributed by atoms with van der Waals surface area (Å²) in [6.07, 6.45) is 4.10. The highest BCUT2D eigenvalue weighted by Gasteiger charge is 2.25. The van der Waals surface area contributed by atoms with Gasteiger partial charge in [0.25, 0.3) is 5.56 Å². The van der Waals surface area contributed by atoms with Gasteiger partial charge < -0.3 is 5.32 Å². The van der Waals surface area contributed by atoms with Crippen molar-refractivity contribution in [2.45, 2.75) is 38.6 Å². The van der Waals surface area contributed by atoms with Gasteiger partial charge in [-0.05, 0) is 38.0 Å². The smallest absolute Gasteiger partial charge is 0.261 e. The Labute approximate surface area is 139 Å². The van der Waals surface area contributed by atoms with Gasteiger partial charge in [-0.3, -0.25) is 14.2 Å². The Morgan fingerprint density at radius 2 is 2.09 bits per heavy atom. The number of fused-ring (bicyclic) bond motifs is 1. The molecular weight excluding hydrogens is 314 g/mol. The SMILES string of the molecule is C[C@@H](NC(=O)C1CCCC1)c1nc2cc(Cl)ccc2c(=O)n1C. The van der Waals surface area contributed by atoms with Gasteiger partial charge in [-0.1, -0.05) is 24.4 Å². The highest BCUT2D eigenvalue weighted by molar-refractivity contribution is 6.31. The predicted octanol–water partition coefficient (Wildman–Crippen LogP) is 2.95. The van der Waals surface area contributed by atoms with Crippen LogP contribution in [0, 0.1) is 5.92 Å². The lowest BCUT2D eigenvalue weighted by atomic mass is 10.1. The van der Waals surface area contributed by atoms with Gasteiger partial charge in [0.1, 0.15) is 5.82 Å². The van der Waals surface area contributed by atoms with E-state index in [1.165, 1.54) is 4.57 Å². The van der Waals surface area contributed by atoms with Crippen molar-refractivity contribution in [2.24, 2.45) is 13.0 Å². The monoisotopic (exact) mass is 333 g/mol. The van der Waals surface area contributed by atoms with Gasteiger partial charge in [0, 0.05) is 18.0 Å². The second kappa shape index (κ2) is 6.32. The fourth-order valence-electron chi connectivity index (χ4n) is 3.23. The van der Waals surface area contributed by atoms with Crippen LogP contribution in [-0.2, 0) is 11.8 Å². The molecule has 1 aromatic heterocycles. The summed E-state index contributed by atoms with van der Waals surface area (Å²) in [5.41, 5.74) is 0.418. The average Bonchev–Trinajstić information content (AvgIpc) is 3.05. The third-order valence-electron chi connectivity index (χ3n) is 4.55. The third kappa shape index (κ3) is 3.11. The molecule has 1 atom stereocenters. The molecule has 1 aliphatic rings. The number of hydrogen-bond donors (Lipinski definition) is 1. The fourth-order valence-corrected chi connectivity index (χ4v) is 3.40. The molecule has 5 nitrogen and oxygen atoms in total. The molecule has 0 bridgehead atoms. The Bertz CT molecular complexity index is 809. The van der Waals surface area contributed by atoms with Gasteiger partial charge in [-0.2, -0.15) is 0 Å². The zero-order valence-electron chi connectivity index (χ0n) is 13.3. The van der Waals surface area contributed by atoms with Gasteiger partial charge in [0.2, 0.25) is 5.91 Å². The van der Waals surface area contributed by atoms with Crippen molar-refractivity contribution in [2.75, 3.05) is 0 Å². The van der Waals surface area contributed by atoms with Gasteiger partial charge in [0.05, 0.1) is 16.9 Å². The molecule has 1 N–H and O–H groups in total. The highest BCUT2D eigenvalue weighted by atomic mass is 35.5. The van der Waals surface area contributed by atoms with E-state index in [-0.39, 0.29) is 23.4 Å². The van der Waals surface area contributed by atoms with Crippen LogP contribution in [0.15, 0.2) is 23.0 Å². The van der Waals surface area contributed by atoms with E-state index in [1.54, 1.807) is 25.2 Å². The van der Waals surface area contributed by atoms with Crippen molar-refractivity contribution in [3.05, 3.63) is 39.4 Å². The first-order valence-corrected chi connectivity index (χ1v) is 8.31. The molecular formula is C17H20ClN3O2. The molecule has 6 heteroatoms. The molecule has 0 saturated heterocycles. The van der Waals surface area contributed by atoms with Crippen molar-refractivity contribution in [3.8, 4) is 0 Å². The summed E-state index contributed by atoms with van der Waals surface area (Å²) in [7, 11) is 1.68. The van der Waals surface area contributed by atoms with Crippen molar-refractivity contribution < 1.29 is 4.79 Å². The van der Waals surface area contributed by atoms with Gasteiger partial charge in [-0.15, -0.1) is 0 Å². The molecule has 0 unspecified atom stereocenters. The molecule has 0 radical (unpaired) electrons. The van der Waals surface area contributed by atoms with Crippen molar-refractivity contribution in [1.29, 1.82) is 0 Å². The van der Waals surface area contributed by atoms with E-state index in [4.69, 9.17) is 11.6 Å². The molecule has 1 saturated carbocycles. The minimum absolute atomic E-state index is 0.0513. The Morgan fingerprint density at radius 3 is 2.78 bits per heavy atom. The summed E-state index contributed by atoms with van der Waals surface area (Å²) in [4.78, 5) is 29.3. The van der Waals surface area contributed by atoms with Crippen LogP contribution in [0.3, 0.4) is 0 Å². The van der Waals surface area contributed by atoms with Gasteiger partial charge in [0.15, 0.2) is 0 Å². The van der Waals surface area contributed by atoms with Crippen LogP contribution in [0.1, 0.15) is 44.5 Å². The number of halogens is 1. The standard InChI is InChI=1S/C17H20ClN3O2/c1-10(19-16(22)11-5-3-4-6-11)15-20-14-9-12(18)7-8-13(14)17(23)21(15)2/h7-11H,3-6H2,1-2H3,(H,19,22)/t10-/m1/s1. The Kier molecular flexibility index (Phi) is 4.39. The molecule has 1 fully saturated rings. The molecule has 2 aromatic rings. The lowest BCUT2D eigenvalue weighted by Gasteiger charge is -2.19. The molecule has 0 spiro atoms. The molecule has 0 aliphatic heterocycles. The van der Waals surface area contributed by atoms with E-state index in [1.807, 2.05) is 6.92 Å². The van der Waals surface area contributed by atoms with Crippen molar-refractivity contribution >= 4 is 28.4 Å². The Morgan fingerprint density at radius 1 is 1.39 bits per heavy atom. The lowest BCUT2D eigenvalue weighted by molar-refractivity contribution is -0.125. The quantitative estimate of drug-likeness (QED) is 0.939. The molecule has 1 aliphatic carbocycles. The topological polar surface area (TPSA) is 64.0 Å². The number of nitrogens with one attached hydrogen (secondary N) is 1. The first-order valence-electron chi connectivity index (χ1n) is 7.94. The number of carbonyl (C=O) groups excluding carboxylic acids is 1. The second-order valence-electron chi connectivity index (χ2n) is 6.21. The maximum Gasteiger partial charge on any atom is 0.261 e. The second-order valence-corrected chi connectivity index (χ2v) is 6.64. The van der Waals surface area contributed by atoms with Crippen molar-refractivity contribution in [3.63, 3.8) is 0 Å². The Hall–Kier alpha value is -1.88. The molecule has 122 valence electrons. The Balaban J connectivity index is 1.93. The lowest BCUT2D eigenvalue weighted by Crippen LogP contribution is -2.35. The van der Waals surface area contributed by atoms with Crippen LogP contribution in [0.25, 0.3) is 10.9 Å². The van der Waals surface area contributed by atoms with E-state index in [9.17, 15) is 9.59 Å². The number of carbonyl (C=O) groups is 1. The summed E-state index contributed by atoms with van der Waals surface area (Å²) < 4.78 is 1.50. The van der Waals surface area contributed by atoms with Crippen LogP contribution < -0.4 is 10.9 Å². The number of nitrogens with zero attached hydrogens (tertiary/aromatic N) is 2.